The summed E-state index contributed by atoms with van der Waals surface area (Å²) in [4.78, 5) is 0.236. The largest absolute Gasteiger partial charge is 0.329 e. The Morgan fingerprint density at radius 1 is 1.39 bits per heavy atom. The highest BCUT2D eigenvalue weighted by atomic mass is 79.9. The molecule has 1 rings (SSSR count). The molecule has 1 atom stereocenters. The number of halogens is 1. The summed E-state index contributed by atoms with van der Waals surface area (Å²) in [5.74, 6) is 0. The first kappa shape index (κ1) is 15.6. The van der Waals surface area contributed by atoms with Crippen LogP contribution in [0.25, 0.3) is 0 Å². The van der Waals surface area contributed by atoms with Crippen LogP contribution in [0, 0.1) is 5.41 Å². The van der Waals surface area contributed by atoms with E-state index in [0.717, 1.165) is 4.47 Å². The molecule has 0 saturated carbocycles. The molecule has 0 aromatic heterocycles. The third-order valence-corrected chi connectivity index (χ3v) is 4.65. The van der Waals surface area contributed by atoms with Crippen molar-refractivity contribution in [2.24, 2.45) is 11.1 Å². The van der Waals surface area contributed by atoms with Crippen LogP contribution in [0.1, 0.15) is 20.8 Å². The molecule has 0 heterocycles. The van der Waals surface area contributed by atoms with E-state index in [1.807, 2.05) is 20.8 Å². The van der Waals surface area contributed by atoms with E-state index < -0.39 is 10.0 Å². The Bertz CT molecular complexity index is 509. The zero-order valence-corrected chi connectivity index (χ0v) is 13.2. The van der Waals surface area contributed by atoms with Crippen molar-refractivity contribution in [2.75, 3.05) is 6.54 Å². The van der Waals surface area contributed by atoms with Gasteiger partial charge >= 0.3 is 0 Å². The molecular formula is C12H19BrN2O2S. The Hall–Kier alpha value is -0.430. The SMILES string of the molecule is CC(C)(C)C(CN)NS(=O)(=O)c1cccc(Br)c1. The van der Waals surface area contributed by atoms with Crippen molar-refractivity contribution < 1.29 is 8.42 Å². The van der Waals surface area contributed by atoms with Crippen LogP contribution in [0.5, 0.6) is 0 Å². The van der Waals surface area contributed by atoms with Gasteiger partial charge in [0.2, 0.25) is 10.0 Å². The molecule has 3 N–H and O–H groups in total. The van der Waals surface area contributed by atoms with Crippen LogP contribution >= 0.6 is 15.9 Å². The lowest BCUT2D eigenvalue weighted by Gasteiger charge is -2.30. The molecule has 1 aromatic rings. The lowest BCUT2D eigenvalue weighted by atomic mass is 9.88. The molecule has 4 nitrogen and oxygen atoms in total. The molecule has 0 saturated heterocycles. The second-order valence-electron chi connectivity index (χ2n) is 5.23. The van der Waals surface area contributed by atoms with Gasteiger partial charge in [-0.05, 0) is 23.6 Å². The number of rotatable bonds is 4. The van der Waals surface area contributed by atoms with Crippen LogP contribution in [0.15, 0.2) is 33.6 Å². The van der Waals surface area contributed by atoms with Crippen molar-refractivity contribution in [1.29, 1.82) is 0 Å². The average Bonchev–Trinajstić information content (AvgIpc) is 2.24. The van der Waals surface area contributed by atoms with Gasteiger partial charge < -0.3 is 5.73 Å². The Labute approximate surface area is 117 Å². The Kier molecular flexibility index (Phi) is 4.94. The molecule has 0 aliphatic heterocycles. The van der Waals surface area contributed by atoms with Gasteiger partial charge in [0.15, 0.2) is 0 Å². The van der Waals surface area contributed by atoms with Gasteiger partial charge in [0.1, 0.15) is 0 Å². The summed E-state index contributed by atoms with van der Waals surface area (Å²) in [5, 5.41) is 0. The summed E-state index contributed by atoms with van der Waals surface area (Å²) < 4.78 is 27.8. The van der Waals surface area contributed by atoms with Crippen molar-refractivity contribution in [1.82, 2.24) is 4.72 Å². The maximum Gasteiger partial charge on any atom is 0.240 e. The average molecular weight is 335 g/mol. The highest BCUT2D eigenvalue weighted by molar-refractivity contribution is 9.10. The number of nitrogens with one attached hydrogen (secondary N) is 1. The molecule has 0 aliphatic carbocycles. The summed E-state index contributed by atoms with van der Waals surface area (Å²) in [5.41, 5.74) is 5.41. The first-order chi connectivity index (χ1) is 8.16. The molecule has 102 valence electrons. The molecule has 0 amide bonds. The molecule has 1 aromatic carbocycles. The summed E-state index contributed by atoms with van der Waals surface area (Å²) in [6.07, 6.45) is 0. The first-order valence-electron chi connectivity index (χ1n) is 5.65. The predicted molar refractivity (Wildman–Crippen MR) is 76.8 cm³/mol. The number of benzene rings is 1. The summed E-state index contributed by atoms with van der Waals surface area (Å²) in [6.45, 7) is 6.12. The van der Waals surface area contributed by atoms with E-state index in [4.69, 9.17) is 5.73 Å². The predicted octanol–water partition coefficient (Wildman–Crippen LogP) is 2.10. The summed E-state index contributed by atoms with van der Waals surface area (Å²) in [7, 11) is -3.54. The van der Waals surface area contributed by atoms with Crippen molar-refractivity contribution in [2.45, 2.75) is 31.7 Å². The van der Waals surface area contributed by atoms with Crippen LogP contribution in [-0.4, -0.2) is 21.0 Å². The zero-order valence-electron chi connectivity index (χ0n) is 10.8. The Balaban J connectivity index is 3.02. The van der Waals surface area contributed by atoms with Crippen LogP contribution in [0.4, 0.5) is 0 Å². The topological polar surface area (TPSA) is 72.2 Å². The van der Waals surface area contributed by atoms with E-state index in [9.17, 15) is 8.42 Å². The lowest BCUT2D eigenvalue weighted by molar-refractivity contribution is 0.304. The summed E-state index contributed by atoms with van der Waals surface area (Å²) in [6, 6.07) is 6.29. The fourth-order valence-electron chi connectivity index (χ4n) is 1.47. The van der Waals surface area contributed by atoms with Gasteiger partial charge in [0.25, 0.3) is 0 Å². The highest BCUT2D eigenvalue weighted by Crippen LogP contribution is 2.22. The van der Waals surface area contributed by atoms with Crippen molar-refractivity contribution >= 4 is 26.0 Å². The van der Waals surface area contributed by atoms with Crippen molar-refractivity contribution in [3.63, 3.8) is 0 Å². The smallest absolute Gasteiger partial charge is 0.240 e. The maximum absolute atomic E-state index is 12.2. The molecule has 0 bridgehead atoms. The number of nitrogens with two attached hydrogens (primary N) is 1. The Morgan fingerprint density at radius 3 is 2.44 bits per heavy atom. The van der Waals surface area contributed by atoms with E-state index in [1.165, 1.54) is 0 Å². The van der Waals surface area contributed by atoms with E-state index in [0.29, 0.717) is 0 Å². The van der Waals surface area contributed by atoms with Crippen LogP contribution in [0.3, 0.4) is 0 Å². The van der Waals surface area contributed by atoms with E-state index in [2.05, 4.69) is 20.7 Å². The highest BCUT2D eigenvalue weighted by Gasteiger charge is 2.28. The fourth-order valence-corrected chi connectivity index (χ4v) is 3.52. The van der Waals surface area contributed by atoms with Gasteiger partial charge in [-0.2, -0.15) is 0 Å². The number of hydrogen-bond donors (Lipinski definition) is 2. The minimum absolute atomic E-state index is 0.228. The zero-order chi connectivity index (χ0) is 14.0. The molecule has 0 radical (unpaired) electrons. The molecule has 18 heavy (non-hydrogen) atoms. The normalized spacial score (nSPS) is 14.5. The van der Waals surface area contributed by atoms with Gasteiger partial charge in [-0.25, -0.2) is 13.1 Å². The van der Waals surface area contributed by atoms with Crippen LogP contribution in [-0.2, 0) is 10.0 Å². The second kappa shape index (κ2) is 5.69. The van der Waals surface area contributed by atoms with Crippen LogP contribution in [0.2, 0.25) is 0 Å². The number of sulfonamides is 1. The van der Waals surface area contributed by atoms with Gasteiger partial charge in [-0.3, -0.25) is 0 Å². The molecule has 6 heteroatoms. The third kappa shape index (κ3) is 4.05. The van der Waals surface area contributed by atoms with E-state index >= 15 is 0 Å². The van der Waals surface area contributed by atoms with E-state index in [-0.39, 0.29) is 22.9 Å². The molecule has 0 aliphatic rings. The summed E-state index contributed by atoms with van der Waals surface area (Å²) >= 11 is 3.26. The lowest BCUT2D eigenvalue weighted by Crippen LogP contribution is -2.48. The van der Waals surface area contributed by atoms with Gasteiger partial charge in [-0.1, -0.05) is 42.8 Å². The molecule has 0 spiro atoms. The number of hydrogen-bond acceptors (Lipinski definition) is 3. The standard InChI is InChI=1S/C12H19BrN2O2S/c1-12(2,3)11(8-14)15-18(16,17)10-6-4-5-9(13)7-10/h4-7,11,15H,8,14H2,1-3H3. The quantitative estimate of drug-likeness (QED) is 0.885. The third-order valence-electron chi connectivity index (χ3n) is 2.68. The minimum Gasteiger partial charge on any atom is -0.329 e. The first-order valence-corrected chi connectivity index (χ1v) is 7.92. The van der Waals surface area contributed by atoms with Gasteiger partial charge in [0.05, 0.1) is 4.90 Å². The van der Waals surface area contributed by atoms with Crippen LogP contribution < -0.4 is 10.5 Å². The monoisotopic (exact) mass is 334 g/mol. The molecule has 1 unspecified atom stereocenters. The van der Waals surface area contributed by atoms with Crippen molar-refractivity contribution in [3.05, 3.63) is 28.7 Å². The van der Waals surface area contributed by atoms with E-state index in [1.54, 1.807) is 24.3 Å². The minimum atomic E-state index is -3.54. The second-order valence-corrected chi connectivity index (χ2v) is 7.86. The fraction of sp³-hybridized carbons (Fsp3) is 0.500. The molecular weight excluding hydrogens is 316 g/mol. The molecule has 0 fully saturated rings. The van der Waals surface area contributed by atoms with Crippen molar-refractivity contribution in [3.8, 4) is 0 Å². The van der Waals surface area contributed by atoms with Gasteiger partial charge in [0, 0.05) is 17.1 Å². The van der Waals surface area contributed by atoms with Gasteiger partial charge in [-0.15, -0.1) is 0 Å². The maximum atomic E-state index is 12.2. The Morgan fingerprint density at radius 2 is 2.00 bits per heavy atom.